The molecule has 2 heterocycles. The van der Waals surface area contributed by atoms with Crippen LogP contribution in [0.25, 0.3) is 0 Å². The molecule has 0 aromatic carbocycles. The molecule has 4 nitrogen and oxygen atoms in total. The fourth-order valence-corrected chi connectivity index (χ4v) is 2.68. The molecule has 0 aliphatic carbocycles. The van der Waals surface area contributed by atoms with Crippen molar-refractivity contribution in [1.82, 2.24) is 4.98 Å². The minimum absolute atomic E-state index is 0.0760. The highest BCUT2D eigenvalue weighted by molar-refractivity contribution is 7.13. The number of hydrogen-bond donors (Lipinski definition) is 0. The molecule has 1 saturated heterocycles. The SMILES string of the molecule is COC(=O)c1sc(C2CCCO2)nc1C. The average molecular weight is 227 g/mol. The Morgan fingerprint density at radius 1 is 1.67 bits per heavy atom. The third kappa shape index (κ3) is 2.03. The molecule has 0 saturated carbocycles. The van der Waals surface area contributed by atoms with Crippen LogP contribution in [0.3, 0.4) is 0 Å². The number of aromatic nitrogens is 1. The molecule has 1 fully saturated rings. The number of hydrogen-bond acceptors (Lipinski definition) is 5. The van der Waals surface area contributed by atoms with Gasteiger partial charge in [0.15, 0.2) is 0 Å². The number of carbonyl (C=O) groups is 1. The molecule has 0 radical (unpaired) electrons. The Morgan fingerprint density at radius 2 is 2.47 bits per heavy atom. The first-order chi connectivity index (χ1) is 7.22. The number of ether oxygens (including phenoxy) is 2. The highest BCUT2D eigenvalue weighted by Gasteiger charge is 2.24. The summed E-state index contributed by atoms with van der Waals surface area (Å²) in [6, 6.07) is 0. The summed E-state index contributed by atoms with van der Waals surface area (Å²) in [4.78, 5) is 16.3. The molecule has 1 aliphatic rings. The molecule has 15 heavy (non-hydrogen) atoms. The molecule has 1 aliphatic heterocycles. The number of aryl methyl sites for hydroxylation is 1. The van der Waals surface area contributed by atoms with Crippen LogP contribution in [-0.4, -0.2) is 24.7 Å². The van der Waals surface area contributed by atoms with Crippen LogP contribution in [0, 0.1) is 6.92 Å². The molecular weight excluding hydrogens is 214 g/mol. The van der Waals surface area contributed by atoms with E-state index >= 15 is 0 Å². The highest BCUT2D eigenvalue weighted by atomic mass is 32.1. The first-order valence-electron chi connectivity index (χ1n) is 4.89. The Balaban J connectivity index is 2.23. The fraction of sp³-hybridized carbons (Fsp3) is 0.600. The van der Waals surface area contributed by atoms with E-state index in [1.54, 1.807) is 0 Å². The van der Waals surface area contributed by atoms with Crippen molar-refractivity contribution in [3.63, 3.8) is 0 Å². The molecule has 0 amide bonds. The second kappa shape index (κ2) is 4.28. The van der Waals surface area contributed by atoms with Crippen molar-refractivity contribution in [3.8, 4) is 0 Å². The van der Waals surface area contributed by atoms with Crippen molar-refractivity contribution in [2.45, 2.75) is 25.9 Å². The quantitative estimate of drug-likeness (QED) is 0.726. The van der Waals surface area contributed by atoms with Gasteiger partial charge in [-0.25, -0.2) is 9.78 Å². The molecule has 1 aromatic heterocycles. The van der Waals surface area contributed by atoms with Crippen molar-refractivity contribution in [3.05, 3.63) is 15.6 Å². The van der Waals surface area contributed by atoms with Gasteiger partial charge in [0.1, 0.15) is 16.0 Å². The van der Waals surface area contributed by atoms with Crippen LogP contribution in [0.1, 0.15) is 39.3 Å². The Hall–Kier alpha value is -0.940. The van der Waals surface area contributed by atoms with E-state index in [2.05, 4.69) is 9.72 Å². The van der Waals surface area contributed by atoms with Gasteiger partial charge in [0.25, 0.3) is 0 Å². The van der Waals surface area contributed by atoms with Gasteiger partial charge in [-0.1, -0.05) is 0 Å². The average Bonchev–Trinajstić information content (AvgIpc) is 2.84. The van der Waals surface area contributed by atoms with Gasteiger partial charge in [-0.3, -0.25) is 0 Å². The van der Waals surface area contributed by atoms with Gasteiger partial charge in [-0.15, -0.1) is 11.3 Å². The van der Waals surface area contributed by atoms with Gasteiger partial charge in [0.2, 0.25) is 0 Å². The molecular formula is C10H13NO3S. The van der Waals surface area contributed by atoms with Crippen LogP contribution in [0.2, 0.25) is 0 Å². The van der Waals surface area contributed by atoms with E-state index in [-0.39, 0.29) is 12.1 Å². The maximum Gasteiger partial charge on any atom is 0.349 e. The Bertz CT molecular complexity index is 369. The second-order valence-electron chi connectivity index (χ2n) is 3.46. The van der Waals surface area contributed by atoms with Crippen molar-refractivity contribution in [2.75, 3.05) is 13.7 Å². The van der Waals surface area contributed by atoms with E-state index < -0.39 is 0 Å². The van der Waals surface area contributed by atoms with Gasteiger partial charge >= 0.3 is 5.97 Å². The Kier molecular flexibility index (Phi) is 3.02. The Labute approximate surface area is 92.2 Å². The normalized spacial score (nSPS) is 20.5. The van der Waals surface area contributed by atoms with E-state index in [1.807, 2.05) is 6.92 Å². The lowest BCUT2D eigenvalue weighted by molar-refractivity contribution is 0.0605. The predicted molar refractivity (Wildman–Crippen MR) is 56.1 cm³/mol. The maximum atomic E-state index is 11.4. The first-order valence-corrected chi connectivity index (χ1v) is 5.71. The van der Waals surface area contributed by atoms with Gasteiger partial charge < -0.3 is 9.47 Å². The molecule has 1 unspecified atom stereocenters. The third-order valence-electron chi connectivity index (χ3n) is 2.39. The zero-order valence-electron chi connectivity index (χ0n) is 8.78. The van der Waals surface area contributed by atoms with Gasteiger partial charge in [0, 0.05) is 6.61 Å². The number of methoxy groups -OCH3 is 1. The zero-order valence-corrected chi connectivity index (χ0v) is 9.60. The number of esters is 1. The summed E-state index contributed by atoms with van der Waals surface area (Å²) in [7, 11) is 1.38. The van der Waals surface area contributed by atoms with E-state index in [9.17, 15) is 4.79 Å². The van der Waals surface area contributed by atoms with Gasteiger partial charge in [0.05, 0.1) is 12.8 Å². The van der Waals surface area contributed by atoms with Crippen LogP contribution in [0.15, 0.2) is 0 Å². The number of rotatable bonds is 2. The van der Waals surface area contributed by atoms with E-state index in [4.69, 9.17) is 4.74 Å². The molecule has 0 spiro atoms. The number of nitrogens with zero attached hydrogens (tertiary/aromatic N) is 1. The van der Waals surface area contributed by atoms with Crippen LogP contribution in [0.5, 0.6) is 0 Å². The van der Waals surface area contributed by atoms with Crippen molar-refractivity contribution >= 4 is 17.3 Å². The summed E-state index contributed by atoms with van der Waals surface area (Å²) in [5.74, 6) is -0.311. The second-order valence-corrected chi connectivity index (χ2v) is 4.49. The summed E-state index contributed by atoms with van der Waals surface area (Å²) in [5.41, 5.74) is 0.734. The topological polar surface area (TPSA) is 48.4 Å². The monoisotopic (exact) mass is 227 g/mol. The third-order valence-corrected chi connectivity index (χ3v) is 3.62. The molecule has 82 valence electrons. The minimum atomic E-state index is -0.311. The van der Waals surface area contributed by atoms with Crippen LogP contribution in [0.4, 0.5) is 0 Å². The van der Waals surface area contributed by atoms with Crippen LogP contribution >= 0.6 is 11.3 Å². The summed E-state index contributed by atoms with van der Waals surface area (Å²) in [5, 5.41) is 0.894. The minimum Gasteiger partial charge on any atom is -0.465 e. The van der Waals surface area contributed by atoms with Crippen molar-refractivity contribution < 1.29 is 14.3 Å². The van der Waals surface area contributed by atoms with E-state index in [0.717, 1.165) is 30.2 Å². The molecule has 1 aromatic rings. The van der Waals surface area contributed by atoms with Gasteiger partial charge in [-0.05, 0) is 19.8 Å². The fourth-order valence-electron chi connectivity index (χ4n) is 1.61. The number of thiazole rings is 1. The standard InChI is InChI=1S/C10H13NO3S/c1-6-8(10(12)13-2)15-9(11-6)7-4-3-5-14-7/h7H,3-5H2,1-2H3. The molecule has 0 bridgehead atoms. The predicted octanol–water partition coefficient (Wildman–Crippen LogP) is 2.09. The molecule has 0 N–H and O–H groups in total. The highest BCUT2D eigenvalue weighted by Crippen LogP contribution is 2.32. The van der Waals surface area contributed by atoms with Crippen LogP contribution < -0.4 is 0 Å². The lowest BCUT2D eigenvalue weighted by Gasteiger charge is -2.02. The molecule has 2 rings (SSSR count). The van der Waals surface area contributed by atoms with Crippen molar-refractivity contribution in [2.24, 2.45) is 0 Å². The number of carbonyl (C=O) groups excluding carboxylic acids is 1. The maximum absolute atomic E-state index is 11.4. The van der Waals surface area contributed by atoms with Gasteiger partial charge in [-0.2, -0.15) is 0 Å². The lowest BCUT2D eigenvalue weighted by atomic mass is 10.2. The van der Waals surface area contributed by atoms with Crippen molar-refractivity contribution in [1.29, 1.82) is 0 Å². The molecule has 5 heteroatoms. The summed E-state index contributed by atoms with van der Waals surface area (Å²) < 4.78 is 10.2. The first kappa shape index (κ1) is 10.6. The largest absolute Gasteiger partial charge is 0.465 e. The van der Waals surface area contributed by atoms with E-state index in [0.29, 0.717) is 4.88 Å². The Morgan fingerprint density at radius 3 is 3.07 bits per heavy atom. The smallest absolute Gasteiger partial charge is 0.349 e. The summed E-state index contributed by atoms with van der Waals surface area (Å²) >= 11 is 1.38. The van der Waals surface area contributed by atoms with E-state index in [1.165, 1.54) is 18.4 Å². The molecule has 1 atom stereocenters. The summed E-state index contributed by atoms with van der Waals surface area (Å²) in [6.07, 6.45) is 2.14. The zero-order chi connectivity index (χ0) is 10.8. The summed E-state index contributed by atoms with van der Waals surface area (Å²) in [6.45, 7) is 2.61. The lowest BCUT2D eigenvalue weighted by Crippen LogP contribution is -1.99. The van der Waals surface area contributed by atoms with Crippen LogP contribution in [-0.2, 0) is 9.47 Å².